The summed E-state index contributed by atoms with van der Waals surface area (Å²) in [5.74, 6) is -3.12. The van der Waals surface area contributed by atoms with Gasteiger partial charge in [-0.2, -0.15) is 8.78 Å². The molecule has 1 N–H and O–H groups in total. The highest BCUT2D eigenvalue weighted by atomic mass is 19.3. The van der Waals surface area contributed by atoms with Crippen molar-refractivity contribution in [1.29, 1.82) is 0 Å². The lowest BCUT2D eigenvalue weighted by atomic mass is 10.1. The van der Waals surface area contributed by atoms with Crippen LogP contribution in [0.25, 0.3) is 0 Å². The van der Waals surface area contributed by atoms with Gasteiger partial charge in [0.25, 0.3) is 5.92 Å². The van der Waals surface area contributed by atoms with E-state index in [1.165, 1.54) is 12.1 Å². The van der Waals surface area contributed by atoms with E-state index in [1.807, 2.05) is 6.92 Å². The van der Waals surface area contributed by atoms with Crippen molar-refractivity contribution < 1.29 is 13.9 Å². The minimum atomic E-state index is -3.12. The summed E-state index contributed by atoms with van der Waals surface area (Å²) in [6.07, 6.45) is 0.824. The first kappa shape index (κ1) is 10.1. The second kappa shape index (κ2) is 3.83. The van der Waals surface area contributed by atoms with Crippen LogP contribution in [0.2, 0.25) is 0 Å². The number of halogens is 2. The van der Waals surface area contributed by atoms with E-state index in [4.69, 9.17) is 5.11 Å². The van der Waals surface area contributed by atoms with Gasteiger partial charge in [0.1, 0.15) is 6.61 Å². The first-order chi connectivity index (χ1) is 6.10. The number of aliphatic hydroxyl groups excluding tert-OH is 1. The van der Waals surface area contributed by atoms with Crippen molar-refractivity contribution in [2.75, 3.05) is 6.61 Å². The summed E-state index contributed by atoms with van der Waals surface area (Å²) in [5, 5.41) is 8.42. The molecule has 3 heteroatoms. The summed E-state index contributed by atoms with van der Waals surface area (Å²) >= 11 is 0. The second-order valence-corrected chi connectivity index (χ2v) is 2.91. The average molecular weight is 186 g/mol. The standard InChI is InChI=1S/C10H12F2O/c1-2-8-3-5-9(6-4-8)10(11,12)7-13/h3-6,13H,2,7H2,1H3. The van der Waals surface area contributed by atoms with Crippen LogP contribution >= 0.6 is 0 Å². The number of hydrogen-bond acceptors (Lipinski definition) is 1. The summed E-state index contributed by atoms with van der Waals surface area (Å²) in [5.41, 5.74) is 0.879. The number of aliphatic hydroxyl groups is 1. The fourth-order valence-corrected chi connectivity index (χ4v) is 1.08. The van der Waals surface area contributed by atoms with Gasteiger partial charge in [0.15, 0.2) is 0 Å². The molecular formula is C10H12F2O. The van der Waals surface area contributed by atoms with E-state index in [0.29, 0.717) is 0 Å². The Kier molecular flexibility index (Phi) is 2.98. The number of hydrogen-bond donors (Lipinski definition) is 1. The van der Waals surface area contributed by atoms with E-state index in [0.717, 1.165) is 12.0 Å². The zero-order valence-electron chi connectivity index (χ0n) is 7.43. The SMILES string of the molecule is CCc1ccc(C(F)(F)CO)cc1. The molecule has 0 aliphatic heterocycles. The monoisotopic (exact) mass is 186 g/mol. The molecule has 1 rings (SSSR count). The Balaban J connectivity index is 2.92. The van der Waals surface area contributed by atoms with Gasteiger partial charge in [-0.3, -0.25) is 0 Å². The van der Waals surface area contributed by atoms with Crippen molar-refractivity contribution in [2.45, 2.75) is 19.3 Å². The molecule has 0 aliphatic carbocycles. The molecule has 13 heavy (non-hydrogen) atoms. The maximum Gasteiger partial charge on any atom is 0.295 e. The molecule has 1 nitrogen and oxygen atoms in total. The molecule has 0 heterocycles. The Labute approximate surface area is 76.0 Å². The fourth-order valence-electron chi connectivity index (χ4n) is 1.08. The van der Waals surface area contributed by atoms with Gasteiger partial charge in [-0.1, -0.05) is 31.2 Å². The molecule has 0 unspecified atom stereocenters. The van der Waals surface area contributed by atoms with Gasteiger partial charge in [0, 0.05) is 5.56 Å². The molecule has 72 valence electrons. The Hall–Kier alpha value is -0.960. The minimum Gasteiger partial charge on any atom is -0.390 e. The predicted octanol–water partition coefficient (Wildman–Crippen LogP) is 2.33. The summed E-state index contributed by atoms with van der Waals surface area (Å²) in [4.78, 5) is 0. The van der Waals surface area contributed by atoms with Gasteiger partial charge in [0.2, 0.25) is 0 Å². The molecule has 0 radical (unpaired) electrons. The highest BCUT2D eigenvalue weighted by Gasteiger charge is 2.29. The fraction of sp³-hybridized carbons (Fsp3) is 0.400. The maximum atomic E-state index is 12.9. The van der Waals surface area contributed by atoms with Crippen LogP contribution in [-0.4, -0.2) is 11.7 Å². The van der Waals surface area contributed by atoms with E-state index in [9.17, 15) is 8.78 Å². The van der Waals surface area contributed by atoms with Crippen LogP contribution in [0, 0.1) is 0 Å². The minimum absolute atomic E-state index is 0.132. The molecule has 0 spiro atoms. The quantitative estimate of drug-likeness (QED) is 0.768. The lowest BCUT2D eigenvalue weighted by molar-refractivity contribution is -0.0556. The molecule has 0 saturated carbocycles. The number of aryl methyl sites for hydroxylation is 1. The van der Waals surface area contributed by atoms with E-state index < -0.39 is 12.5 Å². The molecule has 0 atom stereocenters. The molecular weight excluding hydrogens is 174 g/mol. The van der Waals surface area contributed by atoms with Gasteiger partial charge in [-0.15, -0.1) is 0 Å². The predicted molar refractivity (Wildman–Crippen MR) is 46.8 cm³/mol. The molecule has 0 saturated heterocycles. The van der Waals surface area contributed by atoms with Crippen LogP contribution in [0.15, 0.2) is 24.3 Å². The molecule has 1 aromatic rings. The molecule has 0 aromatic heterocycles. The van der Waals surface area contributed by atoms with Crippen molar-refractivity contribution in [3.8, 4) is 0 Å². The van der Waals surface area contributed by atoms with Crippen molar-refractivity contribution >= 4 is 0 Å². The van der Waals surface area contributed by atoms with Gasteiger partial charge < -0.3 is 5.11 Å². The van der Waals surface area contributed by atoms with Crippen molar-refractivity contribution in [1.82, 2.24) is 0 Å². The molecule has 0 fully saturated rings. The van der Waals surface area contributed by atoms with E-state index in [1.54, 1.807) is 12.1 Å². The number of alkyl halides is 2. The lowest BCUT2D eigenvalue weighted by Crippen LogP contribution is -2.18. The summed E-state index contributed by atoms with van der Waals surface area (Å²) in [6, 6.07) is 6.02. The van der Waals surface area contributed by atoms with Crippen LogP contribution in [0.1, 0.15) is 18.1 Å². The summed E-state index contributed by atoms with van der Waals surface area (Å²) < 4.78 is 25.7. The molecule has 0 bridgehead atoms. The van der Waals surface area contributed by atoms with E-state index in [2.05, 4.69) is 0 Å². The highest BCUT2D eigenvalue weighted by molar-refractivity contribution is 5.25. The van der Waals surface area contributed by atoms with Gasteiger partial charge >= 0.3 is 0 Å². The topological polar surface area (TPSA) is 20.2 Å². The second-order valence-electron chi connectivity index (χ2n) is 2.91. The maximum absolute atomic E-state index is 12.9. The van der Waals surface area contributed by atoms with E-state index in [-0.39, 0.29) is 5.56 Å². The third-order valence-electron chi connectivity index (χ3n) is 1.98. The molecule has 1 aromatic carbocycles. The van der Waals surface area contributed by atoms with Gasteiger partial charge in [0.05, 0.1) is 0 Å². The Morgan fingerprint density at radius 1 is 1.23 bits per heavy atom. The Morgan fingerprint density at radius 3 is 2.15 bits per heavy atom. The van der Waals surface area contributed by atoms with Gasteiger partial charge in [-0.25, -0.2) is 0 Å². The lowest BCUT2D eigenvalue weighted by Gasteiger charge is -2.13. The van der Waals surface area contributed by atoms with E-state index >= 15 is 0 Å². The third kappa shape index (κ3) is 2.25. The van der Waals surface area contributed by atoms with Crippen LogP contribution in [0.5, 0.6) is 0 Å². The van der Waals surface area contributed by atoms with Crippen LogP contribution in [0.3, 0.4) is 0 Å². The average Bonchev–Trinajstić information content (AvgIpc) is 2.18. The number of benzene rings is 1. The first-order valence-corrected chi connectivity index (χ1v) is 4.18. The smallest absolute Gasteiger partial charge is 0.295 e. The zero-order chi connectivity index (χ0) is 9.90. The highest BCUT2D eigenvalue weighted by Crippen LogP contribution is 2.27. The van der Waals surface area contributed by atoms with Crippen molar-refractivity contribution in [3.05, 3.63) is 35.4 Å². The zero-order valence-corrected chi connectivity index (χ0v) is 7.43. The van der Waals surface area contributed by atoms with Crippen LogP contribution in [0.4, 0.5) is 8.78 Å². The third-order valence-corrected chi connectivity index (χ3v) is 1.98. The normalized spacial score (nSPS) is 11.7. The van der Waals surface area contributed by atoms with Crippen molar-refractivity contribution in [2.24, 2.45) is 0 Å². The Bertz CT molecular complexity index is 267. The molecule has 0 amide bonds. The van der Waals surface area contributed by atoms with Gasteiger partial charge in [-0.05, 0) is 12.0 Å². The van der Waals surface area contributed by atoms with Crippen LogP contribution < -0.4 is 0 Å². The Morgan fingerprint density at radius 2 is 1.77 bits per heavy atom. The number of rotatable bonds is 3. The largest absolute Gasteiger partial charge is 0.390 e. The van der Waals surface area contributed by atoms with Crippen molar-refractivity contribution in [3.63, 3.8) is 0 Å². The summed E-state index contributed by atoms with van der Waals surface area (Å²) in [6.45, 7) is 0.817. The molecule has 0 aliphatic rings. The van der Waals surface area contributed by atoms with Crippen LogP contribution in [-0.2, 0) is 12.3 Å². The summed E-state index contributed by atoms with van der Waals surface area (Å²) in [7, 11) is 0. The first-order valence-electron chi connectivity index (χ1n) is 4.18.